The summed E-state index contributed by atoms with van der Waals surface area (Å²) < 4.78 is 12.9. The van der Waals surface area contributed by atoms with Crippen molar-refractivity contribution in [2.24, 2.45) is 0 Å². The molecule has 0 spiro atoms. The van der Waals surface area contributed by atoms with E-state index in [4.69, 9.17) is 12.2 Å². The van der Waals surface area contributed by atoms with Gasteiger partial charge in [-0.2, -0.15) is 0 Å². The summed E-state index contributed by atoms with van der Waals surface area (Å²) in [5, 5.41) is 2.77. The van der Waals surface area contributed by atoms with E-state index in [-0.39, 0.29) is 17.6 Å². The highest BCUT2D eigenvalue weighted by atomic mass is 19.1. The number of nitrogens with two attached hydrogens (primary N) is 1. The van der Waals surface area contributed by atoms with Gasteiger partial charge in [0.05, 0.1) is 5.69 Å². The van der Waals surface area contributed by atoms with Crippen molar-refractivity contribution in [2.75, 3.05) is 5.73 Å². The summed E-state index contributed by atoms with van der Waals surface area (Å²) in [6.45, 7) is 1.93. The molecule has 17 heavy (non-hydrogen) atoms. The largest absolute Gasteiger partial charge is 0.396 e. The number of carbonyl (C=O) groups excluding carboxylic acids is 1. The van der Waals surface area contributed by atoms with E-state index < -0.39 is 5.82 Å². The first-order valence-electron chi connectivity index (χ1n) is 5.37. The topological polar surface area (TPSA) is 55.1 Å². The Bertz CT molecular complexity index is 451. The summed E-state index contributed by atoms with van der Waals surface area (Å²) in [4.78, 5) is 11.8. The quantitative estimate of drug-likeness (QED) is 0.618. The first-order chi connectivity index (χ1) is 8.08. The molecule has 0 aromatic heterocycles. The third-order valence-electron chi connectivity index (χ3n) is 2.45. The molecular formula is C13H15FN2O. The number of anilines is 1. The monoisotopic (exact) mass is 234 g/mol. The molecule has 0 radical (unpaired) electrons. The molecule has 0 aliphatic rings. The molecule has 1 unspecified atom stereocenters. The van der Waals surface area contributed by atoms with Crippen molar-refractivity contribution < 1.29 is 9.18 Å². The van der Waals surface area contributed by atoms with Crippen LogP contribution in [0, 0.1) is 18.2 Å². The number of benzene rings is 1. The normalized spacial score (nSPS) is 11.6. The van der Waals surface area contributed by atoms with Crippen LogP contribution in [0.25, 0.3) is 0 Å². The van der Waals surface area contributed by atoms with Crippen molar-refractivity contribution in [3.8, 4) is 12.3 Å². The van der Waals surface area contributed by atoms with Crippen LogP contribution in [-0.2, 0) is 0 Å². The van der Waals surface area contributed by atoms with E-state index in [0.29, 0.717) is 12.0 Å². The number of nitrogens with one attached hydrogen (secondary N) is 1. The zero-order chi connectivity index (χ0) is 12.8. The highest BCUT2D eigenvalue weighted by Gasteiger charge is 2.12. The summed E-state index contributed by atoms with van der Waals surface area (Å²) in [5.74, 6) is 1.67. The van der Waals surface area contributed by atoms with Gasteiger partial charge in [0, 0.05) is 18.0 Å². The summed E-state index contributed by atoms with van der Waals surface area (Å²) in [7, 11) is 0. The van der Waals surface area contributed by atoms with E-state index in [1.165, 1.54) is 18.2 Å². The van der Waals surface area contributed by atoms with E-state index in [9.17, 15) is 9.18 Å². The van der Waals surface area contributed by atoms with Crippen LogP contribution in [0.15, 0.2) is 18.2 Å². The Labute approximate surface area is 100 Å². The average Bonchev–Trinajstić information content (AvgIpc) is 2.31. The molecule has 1 aromatic carbocycles. The molecule has 3 N–H and O–H groups in total. The van der Waals surface area contributed by atoms with E-state index in [1.54, 1.807) is 0 Å². The summed E-state index contributed by atoms with van der Waals surface area (Å²) in [6.07, 6.45) is 6.41. The fourth-order valence-electron chi connectivity index (χ4n) is 1.39. The van der Waals surface area contributed by atoms with Crippen molar-refractivity contribution in [1.82, 2.24) is 5.32 Å². The van der Waals surface area contributed by atoms with Crippen LogP contribution in [0.4, 0.5) is 10.1 Å². The molecule has 1 rings (SSSR count). The fraction of sp³-hybridized carbons (Fsp3) is 0.308. The molecule has 0 saturated carbocycles. The van der Waals surface area contributed by atoms with Gasteiger partial charge >= 0.3 is 0 Å². The lowest BCUT2D eigenvalue weighted by Crippen LogP contribution is -2.34. The molecule has 1 aromatic rings. The van der Waals surface area contributed by atoms with Gasteiger partial charge in [-0.25, -0.2) is 4.39 Å². The predicted molar refractivity (Wildman–Crippen MR) is 65.8 cm³/mol. The van der Waals surface area contributed by atoms with Gasteiger partial charge in [0.1, 0.15) is 5.82 Å². The van der Waals surface area contributed by atoms with Crippen LogP contribution >= 0.6 is 0 Å². The molecule has 0 fully saturated rings. The number of halogens is 1. The third kappa shape index (κ3) is 3.49. The van der Waals surface area contributed by atoms with Gasteiger partial charge in [-0.3, -0.25) is 4.79 Å². The number of hydrogen-bond acceptors (Lipinski definition) is 2. The summed E-state index contributed by atoms with van der Waals surface area (Å²) in [6, 6.07) is 3.81. The highest BCUT2D eigenvalue weighted by molar-refractivity contribution is 5.95. The summed E-state index contributed by atoms with van der Waals surface area (Å²) >= 11 is 0. The summed E-state index contributed by atoms with van der Waals surface area (Å²) in [5.41, 5.74) is 5.69. The Hall–Kier alpha value is -2.02. The minimum atomic E-state index is -0.530. The molecule has 0 bridgehead atoms. The smallest absolute Gasteiger partial charge is 0.251 e. The molecule has 1 atom stereocenters. The van der Waals surface area contributed by atoms with Gasteiger partial charge in [0.2, 0.25) is 0 Å². The molecule has 0 aliphatic heterocycles. The van der Waals surface area contributed by atoms with Crippen molar-refractivity contribution in [2.45, 2.75) is 25.8 Å². The molecule has 1 amide bonds. The van der Waals surface area contributed by atoms with E-state index >= 15 is 0 Å². The fourth-order valence-corrected chi connectivity index (χ4v) is 1.39. The second-order valence-corrected chi connectivity index (χ2v) is 3.72. The Balaban J connectivity index is 2.76. The molecule has 4 heteroatoms. The number of carbonyl (C=O) groups is 1. The molecule has 3 nitrogen and oxygen atoms in total. The van der Waals surface area contributed by atoms with E-state index in [1.807, 2.05) is 6.92 Å². The van der Waals surface area contributed by atoms with Crippen LogP contribution in [0.5, 0.6) is 0 Å². The minimum Gasteiger partial charge on any atom is -0.396 e. The first kappa shape index (κ1) is 13.0. The van der Waals surface area contributed by atoms with Gasteiger partial charge in [-0.05, 0) is 24.6 Å². The number of terminal acetylenes is 1. The predicted octanol–water partition coefficient (Wildman–Crippen LogP) is 1.94. The van der Waals surface area contributed by atoms with Crippen molar-refractivity contribution >= 4 is 11.6 Å². The molecule has 0 saturated heterocycles. The second-order valence-electron chi connectivity index (χ2n) is 3.72. The van der Waals surface area contributed by atoms with Crippen molar-refractivity contribution in [3.63, 3.8) is 0 Å². The van der Waals surface area contributed by atoms with Gasteiger partial charge in [0.15, 0.2) is 0 Å². The van der Waals surface area contributed by atoms with Gasteiger partial charge in [-0.15, -0.1) is 12.3 Å². The lowest BCUT2D eigenvalue weighted by atomic mass is 10.1. The molecule has 0 aliphatic carbocycles. The highest BCUT2D eigenvalue weighted by Crippen LogP contribution is 2.12. The molecule has 90 valence electrons. The maximum atomic E-state index is 12.9. The van der Waals surface area contributed by atoms with Gasteiger partial charge in [-0.1, -0.05) is 6.92 Å². The lowest BCUT2D eigenvalue weighted by Gasteiger charge is -2.14. The van der Waals surface area contributed by atoms with E-state index in [2.05, 4.69) is 11.2 Å². The van der Waals surface area contributed by atoms with Crippen LogP contribution < -0.4 is 11.1 Å². The average molecular weight is 234 g/mol. The maximum Gasteiger partial charge on any atom is 0.251 e. The number of nitrogen functional groups attached to an aromatic ring is 1. The lowest BCUT2D eigenvalue weighted by molar-refractivity contribution is 0.0936. The SMILES string of the molecule is C#CCC(CC)NC(=O)c1ccc(F)c(N)c1. The van der Waals surface area contributed by atoms with Crippen molar-refractivity contribution in [3.05, 3.63) is 29.6 Å². The maximum absolute atomic E-state index is 12.9. The Morgan fingerprint density at radius 1 is 1.65 bits per heavy atom. The van der Waals surface area contributed by atoms with E-state index in [0.717, 1.165) is 6.42 Å². The minimum absolute atomic E-state index is 0.0392. The standard InChI is InChI=1S/C13H15FN2O/c1-3-5-10(4-2)16-13(17)9-6-7-11(14)12(15)8-9/h1,6-8,10H,4-5,15H2,2H3,(H,16,17). The van der Waals surface area contributed by atoms with Crippen LogP contribution in [-0.4, -0.2) is 11.9 Å². The second kappa shape index (κ2) is 5.90. The van der Waals surface area contributed by atoms with Crippen LogP contribution in [0.3, 0.4) is 0 Å². The van der Waals surface area contributed by atoms with Gasteiger partial charge < -0.3 is 11.1 Å². The third-order valence-corrected chi connectivity index (χ3v) is 2.45. The zero-order valence-corrected chi connectivity index (χ0v) is 9.66. The van der Waals surface area contributed by atoms with Gasteiger partial charge in [0.25, 0.3) is 5.91 Å². The zero-order valence-electron chi connectivity index (χ0n) is 9.66. The molecule has 0 heterocycles. The van der Waals surface area contributed by atoms with Crippen LogP contribution in [0.1, 0.15) is 30.1 Å². The molecular weight excluding hydrogens is 219 g/mol. The number of amides is 1. The van der Waals surface area contributed by atoms with Crippen molar-refractivity contribution in [1.29, 1.82) is 0 Å². The van der Waals surface area contributed by atoms with Crippen LogP contribution in [0.2, 0.25) is 0 Å². The first-order valence-corrected chi connectivity index (χ1v) is 5.37. The number of hydrogen-bond donors (Lipinski definition) is 2. The Morgan fingerprint density at radius 3 is 2.88 bits per heavy atom. The Morgan fingerprint density at radius 2 is 2.35 bits per heavy atom. The number of rotatable bonds is 4. The Kier molecular flexibility index (Phi) is 4.53.